The molecule has 0 unspecified atom stereocenters. The molecule has 21 heavy (non-hydrogen) atoms. The summed E-state index contributed by atoms with van der Waals surface area (Å²) in [5.41, 5.74) is -0.496. The molecule has 1 aromatic carbocycles. The average molecular weight is 333 g/mol. The van der Waals surface area contributed by atoms with Crippen LogP contribution in [0.25, 0.3) is 0 Å². The molecule has 0 aliphatic heterocycles. The Hall–Kier alpha value is -2.19. The van der Waals surface area contributed by atoms with Gasteiger partial charge in [0.15, 0.2) is 5.82 Å². The van der Waals surface area contributed by atoms with Crippen LogP contribution in [0.4, 0.5) is 24.3 Å². The van der Waals surface area contributed by atoms with E-state index in [1.54, 1.807) is 0 Å². The van der Waals surface area contributed by atoms with Gasteiger partial charge in [-0.05, 0) is 17.5 Å². The van der Waals surface area contributed by atoms with Crippen LogP contribution in [-0.2, 0) is 0 Å². The molecule has 110 valence electrons. The van der Waals surface area contributed by atoms with E-state index in [0.29, 0.717) is 6.07 Å². The topological polar surface area (TPSA) is 78.4 Å². The molecule has 0 radical (unpaired) electrons. The summed E-state index contributed by atoms with van der Waals surface area (Å²) in [5.74, 6) is -3.13. The minimum Gasteiger partial charge on any atom is -0.478 e. The van der Waals surface area contributed by atoms with E-state index in [9.17, 15) is 18.4 Å². The third kappa shape index (κ3) is 3.47. The zero-order valence-electron chi connectivity index (χ0n) is 10.1. The van der Waals surface area contributed by atoms with Crippen LogP contribution in [0.15, 0.2) is 23.6 Å². The first kappa shape index (κ1) is 15.2. The van der Waals surface area contributed by atoms with Crippen molar-refractivity contribution in [1.29, 1.82) is 0 Å². The lowest BCUT2D eigenvalue weighted by molar-refractivity contribution is 0.0698. The Labute approximate surface area is 126 Å². The SMILES string of the molecule is O=C(Nc1sccc1C(=O)O)Nc1c(F)cc(F)cc1Cl. The Morgan fingerprint density at radius 1 is 1.24 bits per heavy atom. The van der Waals surface area contributed by atoms with Gasteiger partial charge in [-0.1, -0.05) is 11.6 Å². The van der Waals surface area contributed by atoms with Crippen LogP contribution in [0.3, 0.4) is 0 Å². The maximum atomic E-state index is 13.5. The van der Waals surface area contributed by atoms with Gasteiger partial charge in [0.1, 0.15) is 10.8 Å². The van der Waals surface area contributed by atoms with Crippen LogP contribution in [0.2, 0.25) is 5.02 Å². The molecule has 0 aliphatic rings. The number of carboxylic acid groups (broad SMARTS) is 1. The fourth-order valence-electron chi connectivity index (χ4n) is 1.48. The van der Waals surface area contributed by atoms with Gasteiger partial charge in [0.2, 0.25) is 0 Å². The predicted octanol–water partition coefficient (Wildman–Crippen LogP) is 4.02. The molecule has 0 aliphatic carbocycles. The lowest BCUT2D eigenvalue weighted by Crippen LogP contribution is -2.21. The number of amides is 2. The predicted molar refractivity (Wildman–Crippen MR) is 75.3 cm³/mol. The molecule has 0 saturated carbocycles. The Balaban J connectivity index is 2.16. The van der Waals surface area contributed by atoms with Crippen LogP contribution >= 0.6 is 22.9 Å². The molecule has 0 spiro atoms. The minimum absolute atomic E-state index is 0.0821. The molecule has 2 amide bonds. The number of rotatable bonds is 3. The van der Waals surface area contributed by atoms with Gasteiger partial charge in [0.05, 0.1) is 16.3 Å². The Morgan fingerprint density at radius 3 is 2.57 bits per heavy atom. The molecule has 1 aromatic heterocycles. The third-order valence-electron chi connectivity index (χ3n) is 2.37. The first-order valence-electron chi connectivity index (χ1n) is 5.42. The van der Waals surface area contributed by atoms with Crippen LogP contribution in [0, 0.1) is 11.6 Å². The molecular weight excluding hydrogens is 326 g/mol. The number of urea groups is 1. The molecule has 0 atom stereocenters. The van der Waals surface area contributed by atoms with E-state index in [-0.39, 0.29) is 15.6 Å². The zero-order chi connectivity index (χ0) is 15.6. The number of carbonyl (C=O) groups excluding carboxylic acids is 1. The molecule has 0 saturated heterocycles. The summed E-state index contributed by atoms with van der Waals surface area (Å²) in [7, 11) is 0. The normalized spacial score (nSPS) is 10.2. The van der Waals surface area contributed by atoms with Crippen LogP contribution < -0.4 is 10.6 Å². The van der Waals surface area contributed by atoms with Gasteiger partial charge in [-0.25, -0.2) is 18.4 Å². The van der Waals surface area contributed by atoms with E-state index in [4.69, 9.17) is 16.7 Å². The van der Waals surface area contributed by atoms with Crippen LogP contribution in [0.1, 0.15) is 10.4 Å². The Morgan fingerprint density at radius 2 is 1.95 bits per heavy atom. The lowest BCUT2D eigenvalue weighted by atomic mass is 10.3. The number of hydrogen-bond donors (Lipinski definition) is 3. The van der Waals surface area contributed by atoms with Crippen molar-refractivity contribution in [2.75, 3.05) is 10.6 Å². The van der Waals surface area contributed by atoms with E-state index in [1.165, 1.54) is 11.4 Å². The van der Waals surface area contributed by atoms with Gasteiger partial charge in [-0.2, -0.15) is 0 Å². The van der Waals surface area contributed by atoms with Crippen molar-refractivity contribution in [3.05, 3.63) is 45.8 Å². The number of carboxylic acids is 1. The van der Waals surface area contributed by atoms with Crippen LogP contribution in [-0.4, -0.2) is 17.1 Å². The van der Waals surface area contributed by atoms with Gasteiger partial charge in [-0.3, -0.25) is 5.32 Å². The van der Waals surface area contributed by atoms with Gasteiger partial charge >= 0.3 is 12.0 Å². The Bertz CT molecular complexity index is 697. The van der Waals surface area contributed by atoms with Crippen molar-refractivity contribution in [3.8, 4) is 0 Å². The molecule has 5 nitrogen and oxygen atoms in total. The number of anilines is 2. The van der Waals surface area contributed by atoms with E-state index in [0.717, 1.165) is 17.4 Å². The molecule has 9 heteroatoms. The highest BCUT2D eigenvalue weighted by Gasteiger charge is 2.16. The average Bonchev–Trinajstić information content (AvgIpc) is 2.82. The number of hydrogen-bond acceptors (Lipinski definition) is 3. The van der Waals surface area contributed by atoms with E-state index in [1.807, 2.05) is 0 Å². The molecule has 1 heterocycles. The fraction of sp³-hybridized carbons (Fsp3) is 0. The maximum absolute atomic E-state index is 13.5. The number of carbonyl (C=O) groups is 2. The van der Waals surface area contributed by atoms with Crippen molar-refractivity contribution < 1.29 is 23.5 Å². The molecule has 2 rings (SSSR count). The zero-order valence-corrected chi connectivity index (χ0v) is 11.7. The highest BCUT2D eigenvalue weighted by atomic mass is 35.5. The smallest absolute Gasteiger partial charge is 0.338 e. The summed E-state index contributed by atoms with van der Waals surface area (Å²) in [6.07, 6.45) is 0. The second kappa shape index (κ2) is 6.06. The highest BCUT2D eigenvalue weighted by molar-refractivity contribution is 7.14. The summed E-state index contributed by atoms with van der Waals surface area (Å²) >= 11 is 6.62. The van der Waals surface area contributed by atoms with Crippen molar-refractivity contribution in [2.45, 2.75) is 0 Å². The van der Waals surface area contributed by atoms with Gasteiger partial charge in [0.25, 0.3) is 0 Å². The number of benzene rings is 1. The second-order valence-corrected chi connectivity index (χ2v) is 5.12. The van der Waals surface area contributed by atoms with Crippen molar-refractivity contribution in [2.24, 2.45) is 0 Å². The third-order valence-corrected chi connectivity index (χ3v) is 3.50. The van der Waals surface area contributed by atoms with Crippen molar-refractivity contribution in [1.82, 2.24) is 0 Å². The second-order valence-electron chi connectivity index (χ2n) is 3.79. The largest absolute Gasteiger partial charge is 0.478 e. The number of halogens is 3. The van der Waals surface area contributed by atoms with Crippen LogP contribution in [0.5, 0.6) is 0 Å². The Kier molecular flexibility index (Phi) is 4.39. The number of thiophene rings is 1. The summed E-state index contributed by atoms with van der Waals surface area (Å²) in [6.45, 7) is 0. The molecular formula is C12H7ClF2N2O3S. The fourth-order valence-corrected chi connectivity index (χ4v) is 2.50. The monoisotopic (exact) mass is 332 g/mol. The van der Waals surface area contributed by atoms with E-state index >= 15 is 0 Å². The molecule has 0 fully saturated rings. The number of aromatic carboxylic acids is 1. The van der Waals surface area contributed by atoms with Gasteiger partial charge in [-0.15, -0.1) is 11.3 Å². The standard InChI is InChI=1S/C12H7ClF2N2O3S/c13-7-3-5(14)4-8(15)9(7)16-12(20)17-10-6(11(18)19)1-2-21-10/h1-4H,(H,18,19)(H2,16,17,20). The van der Waals surface area contributed by atoms with Gasteiger partial charge < -0.3 is 10.4 Å². The summed E-state index contributed by atoms with van der Waals surface area (Å²) < 4.78 is 26.4. The summed E-state index contributed by atoms with van der Waals surface area (Å²) in [5, 5.41) is 14.5. The first-order valence-corrected chi connectivity index (χ1v) is 6.67. The quantitative estimate of drug-likeness (QED) is 0.794. The van der Waals surface area contributed by atoms with E-state index in [2.05, 4.69) is 10.6 Å². The minimum atomic E-state index is -1.21. The van der Waals surface area contributed by atoms with E-state index < -0.39 is 29.3 Å². The van der Waals surface area contributed by atoms with Gasteiger partial charge in [0, 0.05) is 6.07 Å². The first-order chi connectivity index (χ1) is 9.88. The highest BCUT2D eigenvalue weighted by Crippen LogP contribution is 2.27. The summed E-state index contributed by atoms with van der Waals surface area (Å²) in [4.78, 5) is 22.6. The molecule has 2 aromatic rings. The molecule has 0 bridgehead atoms. The summed E-state index contributed by atoms with van der Waals surface area (Å²) in [6, 6.07) is 1.82. The van der Waals surface area contributed by atoms with Crippen molar-refractivity contribution >= 4 is 45.6 Å². The maximum Gasteiger partial charge on any atom is 0.338 e. The lowest BCUT2D eigenvalue weighted by Gasteiger charge is -2.09. The molecule has 3 N–H and O–H groups in total. The van der Waals surface area contributed by atoms with Crippen molar-refractivity contribution in [3.63, 3.8) is 0 Å². The number of nitrogens with one attached hydrogen (secondary N) is 2.